The molecule has 2 heterocycles. The first kappa shape index (κ1) is 14.1. The monoisotopic (exact) mass is 309 g/mol. The molecule has 1 N–H and O–H groups in total. The summed E-state index contributed by atoms with van der Waals surface area (Å²) in [5.41, 5.74) is 1.20. The van der Waals surface area contributed by atoms with Gasteiger partial charge < -0.3 is 14.6 Å². The number of carbonyl (C=O) groups is 1. The molecular formula is C13H16ClN5O2. The van der Waals surface area contributed by atoms with Crippen molar-refractivity contribution in [2.45, 2.75) is 37.7 Å². The number of aryl methyl sites for hydroxylation is 1. The van der Waals surface area contributed by atoms with Crippen LogP contribution in [0.3, 0.4) is 0 Å². The fourth-order valence-corrected chi connectivity index (χ4v) is 2.39. The lowest BCUT2D eigenvalue weighted by Gasteiger charge is -2.07. The lowest BCUT2D eigenvalue weighted by Crippen LogP contribution is -2.26. The zero-order valence-corrected chi connectivity index (χ0v) is 12.4. The van der Waals surface area contributed by atoms with Gasteiger partial charge in [-0.05, 0) is 12.8 Å². The van der Waals surface area contributed by atoms with E-state index >= 15 is 0 Å². The molecule has 112 valence electrons. The lowest BCUT2D eigenvalue weighted by molar-refractivity contribution is -0.121. The number of alkyl halides is 1. The van der Waals surface area contributed by atoms with Crippen molar-refractivity contribution in [3.8, 4) is 5.88 Å². The first-order valence-electron chi connectivity index (χ1n) is 6.82. The number of hydrogen-bond acceptors (Lipinski definition) is 5. The highest BCUT2D eigenvalue weighted by Gasteiger charge is 2.23. The van der Waals surface area contributed by atoms with Crippen LogP contribution in [-0.2, 0) is 17.2 Å². The molecule has 0 radical (unpaired) electrons. The van der Waals surface area contributed by atoms with E-state index in [1.165, 1.54) is 13.4 Å². The summed E-state index contributed by atoms with van der Waals surface area (Å²) in [6.07, 6.45) is 3.95. The van der Waals surface area contributed by atoms with Gasteiger partial charge in [0, 0.05) is 19.0 Å². The molecule has 0 aliphatic heterocycles. The van der Waals surface area contributed by atoms with Gasteiger partial charge in [0.25, 0.3) is 0 Å². The highest BCUT2D eigenvalue weighted by atomic mass is 35.5. The molecule has 2 aromatic rings. The van der Waals surface area contributed by atoms with Gasteiger partial charge in [-0.25, -0.2) is 9.97 Å². The van der Waals surface area contributed by atoms with E-state index < -0.39 is 0 Å². The SMILES string of the molecule is COc1ncnc2c1nc(CCl)n2CCC(=O)NC1CC1. The second-order valence-electron chi connectivity index (χ2n) is 4.96. The van der Waals surface area contributed by atoms with Gasteiger partial charge in [0.1, 0.15) is 12.2 Å². The third-order valence-electron chi connectivity index (χ3n) is 3.40. The third-order valence-corrected chi connectivity index (χ3v) is 3.63. The van der Waals surface area contributed by atoms with Crippen LogP contribution in [0, 0.1) is 0 Å². The van der Waals surface area contributed by atoms with E-state index in [1.807, 2.05) is 4.57 Å². The number of amides is 1. The van der Waals surface area contributed by atoms with Crippen LogP contribution in [0.5, 0.6) is 5.88 Å². The Morgan fingerprint density at radius 1 is 1.52 bits per heavy atom. The van der Waals surface area contributed by atoms with Crippen molar-refractivity contribution < 1.29 is 9.53 Å². The number of nitrogens with zero attached hydrogens (tertiary/aromatic N) is 4. The lowest BCUT2D eigenvalue weighted by atomic mass is 10.3. The van der Waals surface area contributed by atoms with Gasteiger partial charge >= 0.3 is 0 Å². The zero-order valence-electron chi connectivity index (χ0n) is 11.7. The maximum atomic E-state index is 11.8. The van der Waals surface area contributed by atoms with E-state index in [2.05, 4.69) is 20.3 Å². The summed E-state index contributed by atoms with van der Waals surface area (Å²) in [6.45, 7) is 0.483. The second-order valence-corrected chi connectivity index (χ2v) is 5.23. The quantitative estimate of drug-likeness (QED) is 0.812. The summed E-state index contributed by atoms with van der Waals surface area (Å²) >= 11 is 5.94. The number of hydrogen-bond donors (Lipinski definition) is 1. The molecule has 1 aliphatic rings. The predicted octanol–water partition coefficient (Wildman–Crippen LogP) is 1.24. The number of ether oxygens (including phenoxy) is 1. The van der Waals surface area contributed by atoms with Crippen LogP contribution >= 0.6 is 11.6 Å². The van der Waals surface area contributed by atoms with Crippen molar-refractivity contribution in [1.82, 2.24) is 24.8 Å². The van der Waals surface area contributed by atoms with E-state index in [0.717, 1.165) is 12.8 Å². The van der Waals surface area contributed by atoms with Crippen LogP contribution < -0.4 is 10.1 Å². The molecule has 0 saturated heterocycles. The summed E-state index contributed by atoms with van der Waals surface area (Å²) in [5.74, 6) is 1.35. The number of methoxy groups -OCH3 is 1. The maximum Gasteiger partial charge on any atom is 0.245 e. The first-order chi connectivity index (χ1) is 10.2. The molecule has 1 aliphatic carbocycles. The third kappa shape index (κ3) is 2.92. The molecule has 8 heteroatoms. The van der Waals surface area contributed by atoms with Crippen LogP contribution in [0.2, 0.25) is 0 Å². The van der Waals surface area contributed by atoms with Gasteiger partial charge in [0.15, 0.2) is 11.2 Å². The summed E-state index contributed by atoms with van der Waals surface area (Å²) in [7, 11) is 1.53. The van der Waals surface area contributed by atoms with Gasteiger partial charge in [-0.15, -0.1) is 11.6 Å². The maximum absolute atomic E-state index is 11.8. The second kappa shape index (κ2) is 5.85. The van der Waals surface area contributed by atoms with Crippen molar-refractivity contribution >= 4 is 28.7 Å². The van der Waals surface area contributed by atoms with Gasteiger partial charge in [-0.2, -0.15) is 4.98 Å². The molecule has 21 heavy (non-hydrogen) atoms. The molecule has 0 spiro atoms. The van der Waals surface area contributed by atoms with Crippen molar-refractivity contribution in [3.63, 3.8) is 0 Å². The minimum Gasteiger partial charge on any atom is -0.479 e. The van der Waals surface area contributed by atoms with Crippen LogP contribution in [0.25, 0.3) is 11.2 Å². The van der Waals surface area contributed by atoms with Crippen molar-refractivity contribution in [1.29, 1.82) is 0 Å². The highest BCUT2D eigenvalue weighted by molar-refractivity contribution is 6.16. The number of halogens is 1. The Morgan fingerprint density at radius 3 is 3.00 bits per heavy atom. The van der Waals surface area contributed by atoms with Gasteiger partial charge in [-0.3, -0.25) is 4.79 Å². The largest absolute Gasteiger partial charge is 0.479 e. The van der Waals surface area contributed by atoms with Crippen LogP contribution in [-0.4, -0.2) is 38.6 Å². The Labute approximate surface area is 126 Å². The number of aromatic nitrogens is 4. The average molecular weight is 310 g/mol. The van der Waals surface area contributed by atoms with E-state index in [4.69, 9.17) is 16.3 Å². The van der Waals surface area contributed by atoms with Crippen molar-refractivity contribution in [2.75, 3.05) is 7.11 Å². The van der Waals surface area contributed by atoms with E-state index in [0.29, 0.717) is 41.9 Å². The topological polar surface area (TPSA) is 81.9 Å². The molecule has 1 amide bonds. The number of nitrogens with one attached hydrogen (secondary N) is 1. The van der Waals surface area contributed by atoms with E-state index in [9.17, 15) is 4.79 Å². The van der Waals surface area contributed by atoms with E-state index in [-0.39, 0.29) is 11.8 Å². The predicted molar refractivity (Wildman–Crippen MR) is 77.2 cm³/mol. The average Bonchev–Trinajstić information content (AvgIpc) is 3.23. The minimum absolute atomic E-state index is 0.0425. The molecule has 1 saturated carbocycles. The Bertz CT molecular complexity index is 668. The number of carbonyl (C=O) groups excluding carboxylic acids is 1. The smallest absolute Gasteiger partial charge is 0.245 e. The summed E-state index contributed by atoms with van der Waals surface area (Å²) in [4.78, 5) is 24.5. The molecule has 0 unspecified atom stereocenters. The normalized spacial score (nSPS) is 14.4. The Balaban J connectivity index is 1.83. The molecule has 1 fully saturated rings. The standard InChI is InChI=1S/C13H16ClN5O2/c1-21-13-11-12(15-7-16-13)19(9(6-14)18-11)5-4-10(20)17-8-2-3-8/h7-8H,2-6H2,1H3,(H,17,20). The summed E-state index contributed by atoms with van der Waals surface area (Å²) < 4.78 is 7.02. The van der Waals surface area contributed by atoms with Crippen LogP contribution in [0.15, 0.2) is 6.33 Å². The summed E-state index contributed by atoms with van der Waals surface area (Å²) in [5, 5.41) is 2.96. The molecule has 0 atom stereocenters. The van der Waals surface area contributed by atoms with Gasteiger partial charge in [0.2, 0.25) is 11.8 Å². The molecule has 0 aromatic carbocycles. The van der Waals surface area contributed by atoms with Crippen molar-refractivity contribution in [3.05, 3.63) is 12.2 Å². The molecule has 2 aromatic heterocycles. The highest BCUT2D eigenvalue weighted by Crippen LogP contribution is 2.23. The minimum atomic E-state index is 0.0425. The number of imidazole rings is 1. The molecule has 0 bridgehead atoms. The van der Waals surface area contributed by atoms with Gasteiger partial charge in [-0.1, -0.05) is 0 Å². The zero-order chi connectivity index (χ0) is 14.8. The molecule has 3 rings (SSSR count). The van der Waals surface area contributed by atoms with E-state index in [1.54, 1.807) is 0 Å². The van der Waals surface area contributed by atoms with Gasteiger partial charge in [0.05, 0.1) is 13.0 Å². The molecular weight excluding hydrogens is 294 g/mol. The Kier molecular flexibility index (Phi) is 3.92. The molecule has 7 nitrogen and oxygen atoms in total. The fraction of sp³-hybridized carbons (Fsp3) is 0.538. The number of fused-ring (bicyclic) bond motifs is 1. The van der Waals surface area contributed by atoms with Crippen LogP contribution in [0.1, 0.15) is 25.1 Å². The Hall–Kier alpha value is -1.89. The van der Waals surface area contributed by atoms with Crippen molar-refractivity contribution in [2.24, 2.45) is 0 Å². The Morgan fingerprint density at radius 2 is 2.33 bits per heavy atom. The number of rotatable bonds is 6. The fourth-order valence-electron chi connectivity index (χ4n) is 2.19. The first-order valence-corrected chi connectivity index (χ1v) is 7.35. The van der Waals surface area contributed by atoms with Crippen LogP contribution in [0.4, 0.5) is 0 Å². The summed E-state index contributed by atoms with van der Waals surface area (Å²) in [6, 6.07) is 0.368.